The van der Waals surface area contributed by atoms with Crippen LogP contribution in [0, 0.1) is 6.92 Å². The van der Waals surface area contributed by atoms with Crippen LogP contribution in [-0.4, -0.2) is 98.3 Å². The van der Waals surface area contributed by atoms with E-state index in [1.807, 2.05) is 0 Å². The molecule has 4 rings (SSSR count). The van der Waals surface area contributed by atoms with Crippen molar-refractivity contribution in [1.29, 1.82) is 0 Å². The lowest BCUT2D eigenvalue weighted by molar-refractivity contribution is -0.156. The van der Waals surface area contributed by atoms with Crippen LogP contribution in [0.15, 0.2) is 48.9 Å². The molecule has 52 heavy (non-hydrogen) atoms. The number of aryl methyl sites for hydroxylation is 1. The molecule has 1 amide bonds. The second-order valence-corrected chi connectivity index (χ2v) is 15.7. The summed E-state index contributed by atoms with van der Waals surface area (Å²) in [5.74, 6) is -2.76. The number of hydrogen-bond donors (Lipinski definition) is 1. The zero-order chi connectivity index (χ0) is 38.1. The molecule has 1 unspecified atom stereocenters. The summed E-state index contributed by atoms with van der Waals surface area (Å²) in [6.07, 6.45) is 5.48. The number of hydrogen-bond acceptors (Lipinski definition) is 16. The van der Waals surface area contributed by atoms with Gasteiger partial charge in [0.15, 0.2) is 28.0 Å². The number of ether oxygens (including phenoxy) is 4. The van der Waals surface area contributed by atoms with E-state index in [1.54, 1.807) is 38.5 Å². The van der Waals surface area contributed by atoms with E-state index in [4.69, 9.17) is 27.8 Å². The van der Waals surface area contributed by atoms with Gasteiger partial charge < -0.3 is 37.4 Å². The third kappa shape index (κ3) is 9.98. The summed E-state index contributed by atoms with van der Waals surface area (Å²) in [6.45, 7) is 6.69. The van der Waals surface area contributed by atoms with Gasteiger partial charge in [-0.1, -0.05) is 29.5 Å². The van der Waals surface area contributed by atoms with Crippen LogP contribution in [0.2, 0.25) is 0 Å². The number of allylic oxidation sites excluding steroid dienone is 3. The van der Waals surface area contributed by atoms with Crippen molar-refractivity contribution in [3.05, 3.63) is 68.1 Å². The van der Waals surface area contributed by atoms with E-state index >= 15 is 0 Å². The predicted molar refractivity (Wildman–Crippen MR) is 191 cm³/mol. The fraction of sp³-hybridized carbons (Fsp3) is 0.529. The Hall–Kier alpha value is -3.36. The summed E-state index contributed by atoms with van der Waals surface area (Å²) < 4.78 is 44.8. The number of nitrogens with zero attached hydrogens (tertiary/aromatic N) is 2. The summed E-state index contributed by atoms with van der Waals surface area (Å²) in [5.41, 5.74) is -1.34. The molecule has 4 heterocycles. The number of ketones is 1. The second-order valence-electron chi connectivity index (χ2n) is 12.2. The number of rotatable bonds is 13. The molecule has 0 spiro atoms. The van der Waals surface area contributed by atoms with Gasteiger partial charge in [-0.3, -0.25) is 14.4 Å². The second kappa shape index (κ2) is 18.6. The standard InChI is InChI=1S/C34H42N2O13S3/c1-21-10-11-34(33(4,42)31(40)51-20-27-23(3)47-32(41)49-27)17-28(38)36(52(34)43)22(2)30-35-24(19-50-30)8-6-7-9-25(37)26(16-21)48-29(39)18-46-15-14-45-13-12-44-5/h6-9,16,19,22,26,42H,10-15,17-18,20H2,1-5H3/b8-6+,9-7+,21-16+/t22-,26-,33+,34-,52?/m1/s1. The molecule has 1 N–H and O–H groups in total. The molecule has 0 saturated carbocycles. The lowest BCUT2D eigenvalue weighted by Gasteiger charge is -2.40. The van der Waals surface area contributed by atoms with Gasteiger partial charge in [0.1, 0.15) is 23.4 Å². The summed E-state index contributed by atoms with van der Waals surface area (Å²) in [4.78, 5) is 69.6. The lowest BCUT2D eigenvalue weighted by Crippen LogP contribution is -2.60. The zero-order valence-electron chi connectivity index (χ0n) is 29.4. The van der Waals surface area contributed by atoms with Crippen LogP contribution >= 0.6 is 23.1 Å². The molecule has 284 valence electrons. The molecule has 2 aliphatic rings. The molecule has 15 nitrogen and oxygen atoms in total. The first kappa shape index (κ1) is 41.4. The Kier molecular flexibility index (Phi) is 14.8. The first-order valence-corrected chi connectivity index (χ1v) is 19.3. The molecule has 0 aromatic carbocycles. The average Bonchev–Trinajstić information content (AvgIpc) is 3.77. The molecule has 5 atom stereocenters. The fourth-order valence-corrected chi connectivity index (χ4v) is 9.36. The number of aromatic nitrogens is 1. The maximum Gasteiger partial charge on any atom is 0.519 e. The van der Waals surface area contributed by atoms with Crippen molar-refractivity contribution < 1.29 is 56.6 Å². The molecular formula is C34H42N2O13S3. The minimum atomic E-state index is -2.35. The number of aliphatic hydroxyl groups is 1. The Balaban J connectivity index is 1.63. The van der Waals surface area contributed by atoms with Crippen molar-refractivity contribution in [2.45, 2.75) is 75.2 Å². The van der Waals surface area contributed by atoms with Crippen molar-refractivity contribution in [2.75, 3.05) is 40.1 Å². The van der Waals surface area contributed by atoms with Gasteiger partial charge in [-0.25, -0.2) is 14.6 Å². The van der Waals surface area contributed by atoms with Crippen LogP contribution in [0.1, 0.15) is 68.3 Å². The number of esters is 1. The third-order valence-electron chi connectivity index (χ3n) is 8.46. The summed E-state index contributed by atoms with van der Waals surface area (Å²) in [5, 5.41) is 13.4. The van der Waals surface area contributed by atoms with Crippen molar-refractivity contribution in [2.24, 2.45) is 0 Å². The van der Waals surface area contributed by atoms with Crippen LogP contribution in [0.5, 0.6) is 0 Å². The summed E-state index contributed by atoms with van der Waals surface area (Å²) in [6, 6.07) is -0.767. The topological polar surface area (TPSA) is 208 Å². The van der Waals surface area contributed by atoms with E-state index in [-0.39, 0.29) is 43.3 Å². The van der Waals surface area contributed by atoms with Gasteiger partial charge in [0, 0.05) is 18.9 Å². The van der Waals surface area contributed by atoms with Crippen molar-refractivity contribution in [1.82, 2.24) is 9.29 Å². The highest BCUT2D eigenvalue weighted by atomic mass is 32.2. The van der Waals surface area contributed by atoms with Crippen LogP contribution in [-0.2, 0) is 55.2 Å². The molecule has 0 radical (unpaired) electrons. The SMILES string of the molecule is COCCOCCOCC(=O)O[C@@H]1/C=C(\C)CC[C@]2([C@@](C)(O)C(=O)SCc3oc(=O)oc3C)CC(=O)N([C@H](C)c3nc(cs3)/C=C/C=C/C1=O)[S+]2[O-]. The van der Waals surface area contributed by atoms with E-state index in [0.717, 1.165) is 4.31 Å². The number of methoxy groups -OCH3 is 1. The highest BCUT2D eigenvalue weighted by molar-refractivity contribution is 8.13. The highest BCUT2D eigenvalue weighted by Crippen LogP contribution is 2.50. The van der Waals surface area contributed by atoms with Gasteiger partial charge in [0.2, 0.25) is 5.12 Å². The Morgan fingerprint density at radius 1 is 1.15 bits per heavy atom. The zero-order valence-corrected chi connectivity index (χ0v) is 31.9. The Morgan fingerprint density at radius 2 is 1.87 bits per heavy atom. The Morgan fingerprint density at radius 3 is 2.58 bits per heavy atom. The van der Waals surface area contributed by atoms with Crippen LogP contribution in [0.3, 0.4) is 0 Å². The molecule has 2 aromatic heterocycles. The number of thioether (sulfide) groups is 1. The van der Waals surface area contributed by atoms with Crippen LogP contribution in [0.25, 0.3) is 6.08 Å². The van der Waals surface area contributed by atoms with E-state index in [2.05, 4.69) is 4.98 Å². The minimum absolute atomic E-state index is 0.0483. The van der Waals surface area contributed by atoms with Crippen LogP contribution < -0.4 is 5.82 Å². The molecule has 2 aromatic rings. The smallest absolute Gasteiger partial charge is 0.519 e. The monoisotopic (exact) mass is 782 g/mol. The molecule has 4 bridgehead atoms. The first-order valence-electron chi connectivity index (χ1n) is 16.3. The Labute approximate surface area is 311 Å². The number of fused-ring (bicyclic) bond motifs is 4. The van der Waals surface area contributed by atoms with Gasteiger partial charge in [0.05, 0.1) is 55.7 Å². The number of carbonyl (C=O) groups is 4. The molecule has 1 fully saturated rings. The molecule has 0 aliphatic carbocycles. The van der Waals surface area contributed by atoms with Gasteiger partial charge in [-0.2, -0.15) is 4.31 Å². The van der Waals surface area contributed by atoms with Gasteiger partial charge in [-0.15, -0.1) is 11.3 Å². The molecule has 2 aliphatic heterocycles. The number of amides is 1. The van der Waals surface area contributed by atoms with Gasteiger partial charge in [0.25, 0.3) is 5.91 Å². The number of carbonyl (C=O) groups excluding carboxylic acids is 4. The maximum absolute atomic E-state index is 14.6. The highest BCUT2D eigenvalue weighted by Gasteiger charge is 2.69. The van der Waals surface area contributed by atoms with E-state index in [1.165, 1.54) is 43.4 Å². The normalized spacial score (nSPS) is 25.9. The number of thiazole rings is 1. The summed E-state index contributed by atoms with van der Waals surface area (Å²) >= 11 is -0.399. The van der Waals surface area contributed by atoms with Gasteiger partial charge in [-0.05, 0) is 52.3 Å². The van der Waals surface area contributed by atoms with Crippen LogP contribution in [0.4, 0.5) is 0 Å². The largest absolute Gasteiger partial charge is 0.592 e. The average molecular weight is 783 g/mol. The molecule has 1 saturated heterocycles. The van der Waals surface area contributed by atoms with Crippen molar-refractivity contribution >= 4 is 63.3 Å². The van der Waals surface area contributed by atoms with E-state index in [9.17, 15) is 33.6 Å². The maximum atomic E-state index is 14.6. The molecular weight excluding hydrogens is 741 g/mol. The summed E-state index contributed by atoms with van der Waals surface area (Å²) in [7, 11) is 1.55. The minimum Gasteiger partial charge on any atom is -0.592 e. The predicted octanol–water partition coefficient (Wildman–Crippen LogP) is 3.37. The molecule has 18 heteroatoms. The Bertz CT molecular complexity index is 1740. The first-order chi connectivity index (χ1) is 24.7. The lowest BCUT2D eigenvalue weighted by atomic mass is 9.81. The van der Waals surface area contributed by atoms with E-state index < -0.39 is 75.5 Å². The van der Waals surface area contributed by atoms with Crippen molar-refractivity contribution in [3.8, 4) is 0 Å². The van der Waals surface area contributed by atoms with Crippen molar-refractivity contribution in [3.63, 3.8) is 0 Å². The van der Waals surface area contributed by atoms with Gasteiger partial charge >= 0.3 is 11.8 Å². The quantitative estimate of drug-likeness (QED) is 0.134. The fourth-order valence-electron chi connectivity index (χ4n) is 5.43. The third-order valence-corrected chi connectivity index (χ3v) is 12.9. The van der Waals surface area contributed by atoms with E-state index in [0.29, 0.717) is 41.3 Å².